The average Bonchev–Trinajstić information content (AvgIpc) is 2.87. The van der Waals surface area contributed by atoms with Crippen LogP contribution in [0.5, 0.6) is 0 Å². The highest BCUT2D eigenvalue weighted by Crippen LogP contribution is 2.28. The van der Waals surface area contributed by atoms with Gasteiger partial charge in [-0.2, -0.15) is 0 Å². The van der Waals surface area contributed by atoms with Crippen LogP contribution in [0.15, 0.2) is 18.2 Å². The van der Waals surface area contributed by atoms with Crippen molar-refractivity contribution in [3.63, 3.8) is 0 Å². The molecular formula is C14H18BrCl2N. The normalized spacial score (nSPS) is 16.7. The molecule has 0 aromatic heterocycles. The predicted octanol–water partition coefficient (Wildman–Crippen LogP) is 5.13. The summed E-state index contributed by atoms with van der Waals surface area (Å²) in [4.78, 5) is 2.53. The van der Waals surface area contributed by atoms with E-state index in [1.54, 1.807) is 0 Å². The van der Waals surface area contributed by atoms with Crippen LogP contribution in [0, 0.1) is 0 Å². The molecule has 1 aliphatic rings. The second-order valence-corrected chi connectivity index (χ2v) is 6.47. The summed E-state index contributed by atoms with van der Waals surface area (Å²) >= 11 is 15.8. The van der Waals surface area contributed by atoms with E-state index in [0.29, 0.717) is 6.04 Å². The Balaban J connectivity index is 2.09. The molecule has 0 spiro atoms. The minimum atomic E-state index is 0.706. The Hall–Kier alpha value is 0.240. The van der Waals surface area contributed by atoms with Gasteiger partial charge in [0, 0.05) is 34.5 Å². The highest BCUT2D eigenvalue weighted by Gasteiger charge is 2.22. The number of hydrogen-bond acceptors (Lipinski definition) is 1. The van der Waals surface area contributed by atoms with Gasteiger partial charge in [-0.25, -0.2) is 0 Å². The highest BCUT2D eigenvalue weighted by atomic mass is 79.9. The Kier molecular flexibility index (Phi) is 5.81. The summed E-state index contributed by atoms with van der Waals surface area (Å²) in [5.41, 5.74) is 1.14. The van der Waals surface area contributed by atoms with Gasteiger partial charge in [-0.15, -0.1) is 0 Å². The summed E-state index contributed by atoms with van der Waals surface area (Å²) in [6, 6.07) is 6.43. The van der Waals surface area contributed by atoms with Crippen LogP contribution in [-0.4, -0.2) is 22.8 Å². The Morgan fingerprint density at radius 1 is 1.22 bits per heavy atom. The number of benzene rings is 1. The van der Waals surface area contributed by atoms with Crippen LogP contribution in [0.25, 0.3) is 0 Å². The quantitative estimate of drug-likeness (QED) is 0.665. The summed E-state index contributed by atoms with van der Waals surface area (Å²) in [7, 11) is 0. The van der Waals surface area contributed by atoms with Crippen molar-refractivity contribution in [2.45, 2.75) is 38.3 Å². The van der Waals surface area contributed by atoms with Crippen molar-refractivity contribution in [1.82, 2.24) is 4.90 Å². The number of hydrogen-bond donors (Lipinski definition) is 0. The van der Waals surface area contributed by atoms with Gasteiger partial charge >= 0.3 is 0 Å². The minimum absolute atomic E-state index is 0.706. The fourth-order valence-corrected chi connectivity index (χ4v) is 3.48. The molecule has 100 valence electrons. The predicted molar refractivity (Wildman–Crippen MR) is 82.9 cm³/mol. The molecule has 0 N–H and O–H groups in total. The summed E-state index contributed by atoms with van der Waals surface area (Å²) in [6.07, 6.45) is 5.33. The molecule has 0 amide bonds. The largest absolute Gasteiger partial charge is 0.295 e. The van der Waals surface area contributed by atoms with E-state index in [2.05, 4.69) is 20.8 Å². The van der Waals surface area contributed by atoms with Crippen LogP contribution in [-0.2, 0) is 6.54 Å². The van der Waals surface area contributed by atoms with Crippen molar-refractivity contribution in [2.24, 2.45) is 0 Å². The maximum absolute atomic E-state index is 6.25. The van der Waals surface area contributed by atoms with Gasteiger partial charge in [-0.1, -0.05) is 52.0 Å². The number of halogens is 3. The molecule has 1 aliphatic carbocycles. The molecule has 1 fully saturated rings. The van der Waals surface area contributed by atoms with Crippen LogP contribution in [0.4, 0.5) is 0 Å². The maximum atomic E-state index is 6.25. The zero-order chi connectivity index (χ0) is 13.0. The van der Waals surface area contributed by atoms with Gasteiger partial charge < -0.3 is 0 Å². The van der Waals surface area contributed by atoms with Crippen molar-refractivity contribution >= 4 is 39.1 Å². The first-order chi connectivity index (χ1) is 8.70. The van der Waals surface area contributed by atoms with Gasteiger partial charge in [0.1, 0.15) is 0 Å². The molecule has 18 heavy (non-hydrogen) atoms. The van der Waals surface area contributed by atoms with E-state index >= 15 is 0 Å². The van der Waals surface area contributed by atoms with Gasteiger partial charge in [-0.05, 0) is 36.6 Å². The lowest BCUT2D eigenvalue weighted by atomic mass is 10.1. The van der Waals surface area contributed by atoms with Crippen LogP contribution < -0.4 is 0 Å². The minimum Gasteiger partial charge on any atom is -0.295 e. The zero-order valence-electron chi connectivity index (χ0n) is 10.3. The van der Waals surface area contributed by atoms with Crippen molar-refractivity contribution < 1.29 is 0 Å². The SMILES string of the molecule is Clc1ccc(Cl)c(CN(CCBr)C2CCCC2)c1. The molecule has 1 nitrogen and oxygen atoms in total. The standard InChI is InChI=1S/C14H18BrCl2N/c15-7-8-18(13-3-1-2-4-13)10-11-9-12(16)5-6-14(11)17/h5-6,9,13H,1-4,7-8,10H2. The lowest BCUT2D eigenvalue weighted by Gasteiger charge is -2.28. The molecule has 1 aromatic rings. The van der Waals surface area contributed by atoms with Gasteiger partial charge in [-0.3, -0.25) is 4.90 Å². The fourth-order valence-electron chi connectivity index (χ4n) is 2.65. The Labute approximate surface area is 128 Å². The first kappa shape index (κ1) is 14.6. The second kappa shape index (κ2) is 7.14. The van der Waals surface area contributed by atoms with Crippen LogP contribution >= 0.6 is 39.1 Å². The van der Waals surface area contributed by atoms with Gasteiger partial charge in [0.25, 0.3) is 0 Å². The molecule has 2 rings (SSSR count). The van der Waals surface area contributed by atoms with Gasteiger partial charge in [0.15, 0.2) is 0 Å². The van der Waals surface area contributed by atoms with E-state index in [4.69, 9.17) is 23.2 Å². The van der Waals surface area contributed by atoms with E-state index in [9.17, 15) is 0 Å². The maximum Gasteiger partial charge on any atom is 0.0452 e. The molecule has 0 heterocycles. The number of rotatable bonds is 5. The molecule has 4 heteroatoms. The first-order valence-corrected chi connectivity index (χ1v) is 8.32. The van der Waals surface area contributed by atoms with Crippen LogP contribution in [0.1, 0.15) is 31.2 Å². The van der Waals surface area contributed by atoms with Gasteiger partial charge in [0.05, 0.1) is 0 Å². The van der Waals surface area contributed by atoms with Crippen LogP contribution in [0.3, 0.4) is 0 Å². The summed E-state index contributed by atoms with van der Waals surface area (Å²) < 4.78 is 0. The molecule has 1 saturated carbocycles. The third-order valence-corrected chi connectivity index (χ3v) is 4.55. The monoisotopic (exact) mass is 349 g/mol. The van der Waals surface area contributed by atoms with E-state index < -0.39 is 0 Å². The summed E-state index contributed by atoms with van der Waals surface area (Å²) in [6.45, 7) is 1.96. The Morgan fingerprint density at radius 2 is 1.94 bits per heavy atom. The van der Waals surface area contributed by atoms with Crippen molar-refractivity contribution in [3.05, 3.63) is 33.8 Å². The molecule has 0 radical (unpaired) electrons. The number of alkyl halides is 1. The lowest BCUT2D eigenvalue weighted by Crippen LogP contribution is -2.34. The van der Waals surface area contributed by atoms with Crippen molar-refractivity contribution in [1.29, 1.82) is 0 Å². The first-order valence-electron chi connectivity index (χ1n) is 6.44. The van der Waals surface area contributed by atoms with Crippen LogP contribution in [0.2, 0.25) is 10.0 Å². The highest BCUT2D eigenvalue weighted by molar-refractivity contribution is 9.09. The third-order valence-electron chi connectivity index (χ3n) is 3.59. The smallest absolute Gasteiger partial charge is 0.0452 e. The van der Waals surface area contributed by atoms with E-state index in [0.717, 1.165) is 34.0 Å². The summed E-state index contributed by atoms with van der Waals surface area (Å²) in [5, 5.41) is 2.58. The molecule has 0 unspecified atom stereocenters. The second-order valence-electron chi connectivity index (χ2n) is 4.83. The molecular weight excluding hydrogens is 333 g/mol. The fraction of sp³-hybridized carbons (Fsp3) is 0.571. The average molecular weight is 351 g/mol. The molecule has 1 aromatic carbocycles. The molecule has 0 aliphatic heterocycles. The Morgan fingerprint density at radius 3 is 2.61 bits per heavy atom. The third kappa shape index (κ3) is 3.86. The molecule has 0 atom stereocenters. The van der Waals surface area contributed by atoms with Gasteiger partial charge in [0.2, 0.25) is 0 Å². The Bertz CT molecular complexity index is 391. The summed E-state index contributed by atoms with van der Waals surface area (Å²) in [5.74, 6) is 0. The molecule has 0 saturated heterocycles. The van der Waals surface area contributed by atoms with Crippen molar-refractivity contribution in [3.8, 4) is 0 Å². The van der Waals surface area contributed by atoms with E-state index in [1.165, 1.54) is 25.7 Å². The zero-order valence-corrected chi connectivity index (χ0v) is 13.4. The van der Waals surface area contributed by atoms with E-state index in [-0.39, 0.29) is 0 Å². The topological polar surface area (TPSA) is 3.24 Å². The number of nitrogens with zero attached hydrogens (tertiary/aromatic N) is 1. The van der Waals surface area contributed by atoms with Crippen molar-refractivity contribution in [2.75, 3.05) is 11.9 Å². The van der Waals surface area contributed by atoms with E-state index in [1.807, 2.05) is 18.2 Å². The molecule has 0 bridgehead atoms. The lowest BCUT2D eigenvalue weighted by molar-refractivity contribution is 0.202.